The number of amides is 1. The molecule has 2 aromatic rings. The van der Waals surface area contributed by atoms with E-state index in [9.17, 15) is 9.18 Å². The van der Waals surface area contributed by atoms with E-state index < -0.39 is 5.82 Å². The monoisotopic (exact) mass is 329 g/mol. The molecule has 2 N–H and O–H groups in total. The fourth-order valence-corrected chi connectivity index (χ4v) is 2.90. The Labute approximate surface area is 140 Å². The number of hydrogen-bond acceptors (Lipinski definition) is 3. The van der Waals surface area contributed by atoms with Gasteiger partial charge >= 0.3 is 0 Å². The molecule has 1 saturated carbocycles. The summed E-state index contributed by atoms with van der Waals surface area (Å²) < 4.78 is 18.6. The SMILES string of the molecule is COc1cccc(C2CC2C(=O)NCc2ccc(F)c(CO)c2)c1. The van der Waals surface area contributed by atoms with Gasteiger partial charge in [0.05, 0.1) is 13.7 Å². The number of aliphatic hydroxyl groups is 1. The van der Waals surface area contributed by atoms with Crippen molar-refractivity contribution in [2.75, 3.05) is 7.11 Å². The van der Waals surface area contributed by atoms with Crippen LogP contribution in [0.2, 0.25) is 0 Å². The number of ether oxygens (including phenoxy) is 1. The smallest absolute Gasteiger partial charge is 0.224 e. The molecule has 5 heteroatoms. The third-order valence-corrected chi connectivity index (χ3v) is 4.40. The van der Waals surface area contributed by atoms with Gasteiger partial charge in [-0.2, -0.15) is 0 Å². The Hall–Kier alpha value is -2.40. The Bertz CT molecular complexity index is 747. The van der Waals surface area contributed by atoms with E-state index in [1.807, 2.05) is 24.3 Å². The molecular formula is C19H20FNO3. The molecular weight excluding hydrogens is 309 g/mol. The van der Waals surface area contributed by atoms with Crippen molar-refractivity contribution in [3.8, 4) is 5.75 Å². The minimum atomic E-state index is -0.437. The Morgan fingerprint density at radius 3 is 2.92 bits per heavy atom. The lowest BCUT2D eigenvalue weighted by Crippen LogP contribution is -2.25. The van der Waals surface area contributed by atoms with E-state index in [1.54, 1.807) is 19.2 Å². The minimum Gasteiger partial charge on any atom is -0.497 e. The zero-order valence-corrected chi connectivity index (χ0v) is 13.5. The second-order valence-corrected chi connectivity index (χ2v) is 6.03. The van der Waals surface area contributed by atoms with Crippen molar-refractivity contribution in [3.05, 3.63) is 65.0 Å². The Morgan fingerprint density at radius 2 is 2.17 bits per heavy atom. The molecule has 4 nitrogen and oxygen atoms in total. The number of methoxy groups -OCH3 is 1. The van der Waals surface area contributed by atoms with Gasteiger partial charge in [-0.25, -0.2) is 4.39 Å². The Morgan fingerprint density at radius 1 is 1.33 bits per heavy atom. The third kappa shape index (κ3) is 3.57. The summed E-state index contributed by atoms with van der Waals surface area (Å²) in [6.45, 7) is -0.0262. The summed E-state index contributed by atoms with van der Waals surface area (Å²) in [5.74, 6) is 0.545. The van der Waals surface area contributed by atoms with E-state index in [4.69, 9.17) is 9.84 Å². The van der Waals surface area contributed by atoms with E-state index >= 15 is 0 Å². The average Bonchev–Trinajstić information content (AvgIpc) is 3.41. The van der Waals surface area contributed by atoms with Crippen molar-refractivity contribution in [2.45, 2.75) is 25.5 Å². The van der Waals surface area contributed by atoms with Crippen molar-refractivity contribution >= 4 is 5.91 Å². The molecule has 1 aliphatic carbocycles. The van der Waals surface area contributed by atoms with Crippen LogP contribution in [0.4, 0.5) is 4.39 Å². The van der Waals surface area contributed by atoms with Gasteiger partial charge in [-0.15, -0.1) is 0 Å². The molecule has 0 aromatic heterocycles. The van der Waals surface area contributed by atoms with E-state index in [-0.39, 0.29) is 29.9 Å². The van der Waals surface area contributed by atoms with Crippen LogP contribution in [0, 0.1) is 11.7 Å². The number of carbonyl (C=O) groups is 1. The number of aliphatic hydroxyl groups excluding tert-OH is 1. The lowest BCUT2D eigenvalue weighted by atomic mass is 10.1. The largest absolute Gasteiger partial charge is 0.497 e. The zero-order valence-electron chi connectivity index (χ0n) is 13.5. The topological polar surface area (TPSA) is 58.6 Å². The highest BCUT2D eigenvalue weighted by atomic mass is 19.1. The molecule has 0 bridgehead atoms. The van der Waals surface area contributed by atoms with E-state index in [0.717, 1.165) is 23.3 Å². The molecule has 2 atom stereocenters. The molecule has 24 heavy (non-hydrogen) atoms. The second kappa shape index (κ2) is 7.01. The van der Waals surface area contributed by atoms with Crippen molar-refractivity contribution in [1.29, 1.82) is 0 Å². The maximum absolute atomic E-state index is 13.4. The average molecular weight is 329 g/mol. The first-order valence-electron chi connectivity index (χ1n) is 7.92. The molecule has 0 radical (unpaired) electrons. The van der Waals surface area contributed by atoms with Gasteiger partial charge in [0.15, 0.2) is 0 Å². The van der Waals surface area contributed by atoms with E-state index in [2.05, 4.69) is 5.32 Å². The van der Waals surface area contributed by atoms with Crippen molar-refractivity contribution < 1.29 is 19.0 Å². The molecule has 0 aliphatic heterocycles. The molecule has 2 unspecified atom stereocenters. The molecule has 0 saturated heterocycles. The predicted octanol–water partition coefficient (Wildman–Crippen LogP) is 2.75. The van der Waals surface area contributed by atoms with E-state index in [0.29, 0.717) is 6.54 Å². The minimum absolute atomic E-state index is 0.00214. The highest BCUT2D eigenvalue weighted by Gasteiger charge is 2.43. The first kappa shape index (κ1) is 16.5. The van der Waals surface area contributed by atoms with Gasteiger partial charge in [0.25, 0.3) is 0 Å². The summed E-state index contributed by atoms with van der Waals surface area (Å²) in [7, 11) is 1.62. The number of halogens is 1. The van der Waals surface area contributed by atoms with Gasteiger partial charge in [0, 0.05) is 18.0 Å². The molecule has 126 valence electrons. The summed E-state index contributed by atoms with van der Waals surface area (Å²) in [4.78, 5) is 12.3. The van der Waals surface area contributed by atoms with Gasteiger partial charge in [-0.3, -0.25) is 4.79 Å². The lowest BCUT2D eigenvalue weighted by molar-refractivity contribution is -0.122. The molecule has 0 heterocycles. The summed E-state index contributed by atoms with van der Waals surface area (Å²) in [6, 6.07) is 12.3. The standard InChI is InChI=1S/C19H20FNO3/c1-24-15-4-2-3-13(8-15)16-9-17(16)19(23)21-10-12-5-6-18(20)14(7-12)11-22/h2-8,16-17,22H,9-11H2,1H3,(H,21,23). The lowest BCUT2D eigenvalue weighted by Gasteiger charge is -2.08. The van der Waals surface area contributed by atoms with Crippen LogP contribution in [-0.2, 0) is 17.9 Å². The fourth-order valence-electron chi connectivity index (χ4n) is 2.90. The van der Waals surface area contributed by atoms with E-state index in [1.165, 1.54) is 6.07 Å². The number of benzene rings is 2. The summed E-state index contributed by atoms with van der Waals surface area (Å²) >= 11 is 0. The summed E-state index contributed by atoms with van der Waals surface area (Å²) in [6.07, 6.45) is 0.824. The van der Waals surface area contributed by atoms with Crippen molar-refractivity contribution in [1.82, 2.24) is 5.32 Å². The van der Waals surface area contributed by atoms with Crippen molar-refractivity contribution in [3.63, 3.8) is 0 Å². The number of nitrogens with one attached hydrogen (secondary N) is 1. The second-order valence-electron chi connectivity index (χ2n) is 6.03. The summed E-state index contributed by atoms with van der Waals surface area (Å²) in [5.41, 5.74) is 2.12. The predicted molar refractivity (Wildman–Crippen MR) is 88.0 cm³/mol. The quantitative estimate of drug-likeness (QED) is 0.857. The van der Waals surface area contributed by atoms with Crippen molar-refractivity contribution in [2.24, 2.45) is 5.92 Å². The van der Waals surface area contributed by atoms with Gasteiger partial charge in [0.2, 0.25) is 5.91 Å². The summed E-state index contributed by atoms with van der Waals surface area (Å²) in [5, 5.41) is 12.0. The Balaban J connectivity index is 1.57. The zero-order chi connectivity index (χ0) is 17.1. The van der Waals surface area contributed by atoms with Gasteiger partial charge in [-0.05, 0) is 47.7 Å². The van der Waals surface area contributed by atoms with Crippen LogP contribution in [0.1, 0.15) is 29.0 Å². The maximum atomic E-state index is 13.4. The number of carbonyl (C=O) groups excluding carboxylic acids is 1. The van der Waals surface area contributed by atoms with Gasteiger partial charge < -0.3 is 15.2 Å². The van der Waals surface area contributed by atoms with Crippen LogP contribution < -0.4 is 10.1 Å². The normalized spacial score (nSPS) is 19.0. The fraction of sp³-hybridized carbons (Fsp3) is 0.316. The third-order valence-electron chi connectivity index (χ3n) is 4.40. The van der Waals surface area contributed by atoms with Gasteiger partial charge in [0.1, 0.15) is 11.6 Å². The molecule has 0 spiro atoms. The molecule has 1 amide bonds. The van der Waals surface area contributed by atoms with Crippen LogP contribution >= 0.6 is 0 Å². The van der Waals surface area contributed by atoms with Crippen LogP contribution in [0.25, 0.3) is 0 Å². The Kier molecular flexibility index (Phi) is 4.81. The molecule has 1 aliphatic rings. The maximum Gasteiger partial charge on any atom is 0.224 e. The number of hydrogen-bond donors (Lipinski definition) is 2. The molecule has 1 fully saturated rings. The molecule has 2 aromatic carbocycles. The highest BCUT2D eigenvalue weighted by molar-refractivity contribution is 5.82. The highest BCUT2D eigenvalue weighted by Crippen LogP contribution is 2.48. The molecule has 3 rings (SSSR count). The first-order valence-corrected chi connectivity index (χ1v) is 7.92. The van der Waals surface area contributed by atoms with Crippen LogP contribution in [0.5, 0.6) is 5.75 Å². The van der Waals surface area contributed by atoms with Crippen LogP contribution in [-0.4, -0.2) is 18.1 Å². The first-order chi connectivity index (χ1) is 11.6. The van der Waals surface area contributed by atoms with Crippen LogP contribution in [0.15, 0.2) is 42.5 Å². The van der Waals surface area contributed by atoms with Crippen LogP contribution in [0.3, 0.4) is 0 Å². The number of rotatable bonds is 6. The van der Waals surface area contributed by atoms with Gasteiger partial charge in [-0.1, -0.05) is 18.2 Å².